The minimum Gasteiger partial charge on any atom is -0.373 e. The van der Waals surface area contributed by atoms with Gasteiger partial charge in [0.2, 0.25) is 0 Å². The van der Waals surface area contributed by atoms with E-state index in [9.17, 15) is 4.39 Å². The summed E-state index contributed by atoms with van der Waals surface area (Å²) in [6.07, 6.45) is 2.10. The van der Waals surface area contributed by atoms with E-state index in [0.717, 1.165) is 73.8 Å². The van der Waals surface area contributed by atoms with Gasteiger partial charge < -0.3 is 19.9 Å². The van der Waals surface area contributed by atoms with Gasteiger partial charge in [-0.25, -0.2) is 4.39 Å². The molecule has 148 valence electrons. The summed E-state index contributed by atoms with van der Waals surface area (Å²) in [4.78, 5) is 9.11. The first-order valence-electron chi connectivity index (χ1n) is 9.91. The van der Waals surface area contributed by atoms with Crippen LogP contribution in [0, 0.1) is 5.82 Å². The maximum Gasteiger partial charge on any atom is 0.125 e. The van der Waals surface area contributed by atoms with Crippen molar-refractivity contribution in [2.45, 2.75) is 6.10 Å². The van der Waals surface area contributed by atoms with Crippen molar-refractivity contribution in [3.8, 4) is 10.4 Å². The summed E-state index contributed by atoms with van der Waals surface area (Å²) < 4.78 is 20.1. The Kier molecular flexibility index (Phi) is 5.07. The molecule has 2 aliphatic rings. The number of fused-ring (bicyclic) bond motifs is 1. The zero-order valence-electron chi connectivity index (χ0n) is 15.8. The lowest BCUT2D eigenvalue weighted by molar-refractivity contribution is 0.0135. The Labute approximate surface area is 168 Å². The zero-order chi connectivity index (χ0) is 18.9. The summed E-state index contributed by atoms with van der Waals surface area (Å²) in [6.45, 7) is 7.85. The molecule has 2 saturated heterocycles. The molecule has 4 heterocycles. The Bertz CT molecular complexity index is 949. The molecule has 7 heteroatoms. The van der Waals surface area contributed by atoms with Crippen LogP contribution in [0.1, 0.15) is 0 Å². The van der Waals surface area contributed by atoms with Gasteiger partial charge in [0.05, 0.1) is 12.7 Å². The normalized spacial score (nSPS) is 21.5. The summed E-state index contributed by atoms with van der Waals surface area (Å²) in [6, 6.07) is 7.40. The monoisotopic (exact) mass is 400 g/mol. The van der Waals surface area contributed by atoms with Gasteiger partial charge in [0, 0.05) is 84.4 Å². The van der Waals surface area contributed by atoms with Gasteiger partial charge in [-0.2, -0.15) is 0 Å². The lowest BCUT2D eigenvalue weighted by atomic mass is 10.1. The molecule has 5 nitrogen and oxygen atoms in total. The van der Waals surface area contributed by atoms with Crippen molar-refractivity contribution < 1.29 is 9.13 Å². The van der Waals surface area contributed by atoms with Gasteiger partial charge in [0.15, 0.2) is 0 Å². The van der Waals surface area contributed by atoms with Gasteiger partial charge in [-0.15, -0.1) is 11.3 Å². The molecule has 0 spiro atoms. The van der Waals surface area contributed by atoms with Crippen molar-refractivity contribution in [3.63, 3.8) is 0 Å². The number of hydrogen-bond donors (Lipinski definition) is 2. The first kappa shape index (κ1) is 18.1. The van der Waals surface area contributed by atoms with E-state index >= 15 is 0 Å². The minimum absolute atomic E-state index is 0.206. The summed E-state index contributed by atoms with van der Waals surface area (Å²) >= 11 is 1.68. The largest absolute Gasteiger partial charge is 0.373 e. The van der Waals surface area contributed by atoms with Crippen molar-refractivity contribution in [3.05, 3.63) is 41.7 Å². The highest BCUT2D eigenvalue weighted by atomic mass is 32.1. The molecule has 0 saturated carbocycles. The Balaban J connectivity index is 1.33. The van der Waals surface area contributed by atoms with Crippen molar-refractivity contribution >= 4 is 27.9 Å². The molecular formula is C21H25FN4OS. The minimum atomic E-state index is -0.206. The molecule has 28 heavy (non-hydrogen) atoms. The number of ether oxygens (including phenoxy) is 1. The van der Waals surface area contributed by atoms with Crippen molar-refractivity contribution in [2.75, 3.05) is 57.3 Å². The van der Waals surface area contributed by atoms with E-state index < -0.39 is 0 Å². The van der Waals surface area contributed by atoms with Crippen LogP contribution < -0.4 is 10.2 Å². The van der Waals surface area contributed by atoms with E-state index in [0.29, 0.717) is 0 Å². The molecule has 2 aliphatic heterocycles. The molecule has 0 radical (unpaired) electrons. The van der Waals surface area contributed by atoms with Crippen LogP contribution in [0.3, 0.4) is 0 Å². The van der Waals surface area contributed by atoms with Gasteiger partial charge >= 0.3 is 0 Å². The Morgan fingerprint density at radius 1 is 1.18 bits per heavy atom. The molecule has 0 aliphatic carbocycles. The number of aromatic amines is 1. The lowest BCUT2D eigenvalue weighted by Crippen LogP contribution is -2.51. The summed E-state index contributed by atoms with van der Waals surface area (Å²) in [7, 11) is 0. The first-order valence-corrected chi connectivity index (χ1v) is 10.8. The number of H-pyrrole nitrogens is 1. The van der Waals surface area contributed by atoms with Gasteiger partial charge in [-0.1, -0.05) is 0 Å². The lowest BCUT2D eigenvalue weighted by Gasteiger charge is -2.37. The second kappa shape index (κ2) is 7.83. The fraction of sp³-hybridized carbons (Fsp3) is 0.429. The predicted molar refractivity (Wildman–Crippen MR) is 113 cm³/mol. The second-order valence-electron chi connectivity index (χ2n) is 7.55. The van der Waals surface area contributed by atoms with E-state index in [1.807, 2.05) is 12.3 Å². The van der Waals surface area contributed by atoms with E-state index in [1.54, 1.807) is 23.5 Å². The number of nitrogens with zero attached hydrogens (tertiary/aromatic N) is 2. The number of piperazine rings is 1. The fourth-order valence-electron chi connectivity index (χ4n) is 4.21. The number of nitrogens with one attached hydrogen (secondary N) is 2. The molecule has 1 aromatic carbocycles. The molecule has 0 amide bonds. The highest BCUT2D eigenvalue weighted by Crippen LogP contribution is 2.36. The van der Waals surface area contributed by atoms with E-state index in [4.69, 9.17) is 4.74 Å². The highest BCUT2D eigenvalue weighted by Gasteiger charge is 2.24. The fourth-order valence-corrected chi connectivity index (χ4v) is 5.16. The van der Waals surface area contributed by atoms with Crippen LogP contribution >= 0.6 is 11.3 Å². The average molecular weight is 401 g/mol. The van der Waals surface area contributed by atoms with Crippen LogP contribution in [-0.2, 0) is 4.74 Å². The highest BCUT2D eigenvalue weighted by molar-refractivity contribution is 7.14. The van der Waals surface area contributed by atoms with E-state index in [-0.39, 0.29) is 11.9 Å². The molecule has 0 bridgehead atoms. The SMILES string of the molecule is Fc1cc(-c2cc(N3CCOC(CN4CCNCC4)C3)cs2)c2cc[nH]c2c1. The molecule has 3 aromatic rings. The molecule has 1 unspecified atom stereocenters. The van der Waals surface area contributed by atoms with Crippen LogP contribution in [0.4, 0.5) is 10.1 Å². The third-order valence-corrected chi connectivity index (χ3v) is 6.61. The number of morpholine rings is 1. The van der Waals surface area contributed by atoms with Crippen LogP contribution in [0.2, 0.25) is 0 Å². The molecule has 2 fully saturated rings. The predicted octanol–water partition coefficient (Wildman–Crippen LogP) is 3.15. The molecular weight excluding hydrogens is 375 g/mol. The standard InChI is InChI=1S/C21H25FN4OS/c22-15-9-19(18-1-2-24-20(18)10-15)21-11-16(14-28-21)26-7-8-27-17(13-26)12-25-5-3-23-4-6-25/h1-2,9-11,14,17,23-24H,3-8,12-13H2. The maximum absolute atomic E-state index is 14.0. The third-order valence-electron chi connectivity index (χ3n) is 5.66. The number of halogens is 1. The molecule has 2 aromatic heterocycles. The number of thiophene rings is 1. The van der Waals surface area contributed by atoms with Gasteiger partial charge in [-0.05, 0) is 24.3 Å². The number of rotatable bonds is 4. The summed E-state index contributed by atoms with van der Waals surface area (Å²) in [5, 5.41) is 6.65. The van der Waals surface area contributed by atoms with Gasteiger partial charge in [0.1, 0.15) is 5.82 Å². The molecule has 1 atom stereocenters. The molecule has 5 rings (SSSR count). The van der Waals surface area contributed by atoms with Crippen molar-refractivity contribution in [2.24, 2.45) is 0 Å². The van der Waals surface area contributed by atoms with E-state index in [2.05, 4.69) is 31.5 Å². The van der Waals surface area contributed by atoms with Crippen LogP contribution in [-0.4, -0.2) is 68.4 Å². The van der Waals surface area contributed by atoms with Gasteiger partial charge in [-0.3, -0.25) is 4.90 Å². The topological polar surface area (TPSA) is 43.5 Å². The number of benzene rings is 1. The quantitative estimate of drug-likeness (QED) is 0.706. The number of hydrogen-bond acceptors (Lipinski definition) is 5. The summed E-state index contributed by atoms with van der Waals surface area (Å²) in [5.41, 5.74) is 3.01. The Hall–Kier alpha value is -1.93. The van der Waals surface area contributed by atoms with Crippen LogP contribution in [0.15, 0.2) is 35.8 Å². The number of aromatic nitrogens is 1. The zero-order valence-corrected chi connectivity index (χ0v) is 16.6. The smallest absolute Gasteiger partial charge is 0.125 e. The summed E-state index contributed by atoms with van der Waals surface area (Å²) in [5.74, 6) is -0.206. The van der Waals surface area contributed by atoms with E-state index in [1.165, 1.54) is 5.69 Å². The van der Waals surface area contributed by atoms with Crippen LogP contribution in [0.5, 0.6) is 0 Å². The third kappa shape index (κ3) is 3.67. The Morgan fingerprint density at radius 2 is 2.07 bits per heavy atom. The van der Waals surface area contributed by atoms with Gasteiger partial charge in [0.25, 0.3) is 0 Å². The average Bonchev–Trinajstić information content (AvgIpc) is 3.38. The van der Waals surface area contributed by atoms with Crippen LogP contribution in [0.25, 0.3) is 21.3 Å². The number of anilines is 1. The Morgan fingerprint density at radius 3 is 2.96 bits per heavy atom. The van der Waals surface area contributed by atoms with Crippen molar-refractivity contribution in [1.82, 2.24) is 15.2 Å². The first-order chi connectivity index (χ1) is 13.8. The van der Waals surface area contributed by atoms with Crippen molar-refractivity contribution in [1.29, 1.82) is 0 Å². The second-order valence-corrected chi connectivity index (χ2v) is 8.46. The maximum atomic E-state index is 14.0. The molecule has 2 N–H and O–H groups in total.